The van der Waals surface area contributed by atoms with Crippen LogP contribution in [0.25, 0.3) is 5.52 Å². The van der Waals surface area contributed by atoms with Gasteiger partial charge in [-0.05, 0) is 36.8 Å². The maximum Gasteiger partial charge on any atom is 0.472 e. The monoisotopic (exact) mass is 797 g/mol. The molecule has 15 nitrogen and oxygen atoms in total. The first-order valence-electron chi connectivity index (χ1n) is 20.1. The van der Waals surface area contributed by atoms with E-state index in [2.05, 4.69) is 28.4 Å². The second-order valence-electron chi connectivity index (χ2n) is 14.6. The SMILES string of the molecule is CCCCCCCCCCCCCCCCCCOC[C@H](COP(=O)(O)OC[C@H]1O[C@@](C#N)(c2ccc3c(N)ncnn23)[C@H](O)[C@@H]1O)Nc1cccc(C#N)c1. The third-order valence-corrected chi connectivity index (χ3v) is 11.1. The topological polar surface area (TPSA) is 230 Å². The average molecular weight is 798 g/mol. The van der Waals surface area contributed by atoms with E-state index in [1.807, 2.05) is 6.07 Å². The maximum atomic E-state index is 13.0. The third-order valence-electron chi connectivity index (χ3n) is 10.2. The van der Waals surface area contributed by atoms with Crippen LogP contribution in [0, 0.1) is 22.7 Å². The molecule has 0 saturated carbocycles. The summed E-state index contributed by atoms with van der Waals surface area (Å²) in [5.74, 6) is 0.127. The zero-order chi connectivity index (χ0) is 40.2. The number of benzene rings is 1. The molecule has 1 aliphatic rings. The van der Waals surface area contributed by atoms with Gasteiger partial charge in [0.25, 0.3) is 0 Å². The molecule has 1 aliphatic heterocycles. The Morgan fingerprint density at radius 2 is 1.59 bits per heavy atom. The largest absolute Gasteiger partial charge is 0.472 e. The number of ether oxygens (including phenoxy) is 2. The van der Waals surface area contributed by atoms with Crippen LogP contribution in [-0.2, 0) is 28.7 Å². The second-order valence-corrected chi connectivity index (χ2v) is 16.0. The molecule has 0 radical (unpaired) electrons. The number of nitrogens with zero attached hydrogens (tertiary/aromatic N) is 5. The molecule has 6 atom stereocenters. The number of unbranched alkanes of at least 4 members (excludes halogenated alkanes) is 15. The van der Waals surface area contributed by atoms with E-state index in [0.717, 1.165) is 19.3 Å². The second kappa shape index (κ2) is 23.6. The van der Waals surface area contributed by atoms with Gasteiger partial charge in [-0.3, -0.25) is 9.05 Å². The minimum absolute atomic E-state index is 0.0792. The summed E-state index contributed by atoms with van der Waals surface area (Å²) >= 11 is 0. The van der Waals surface area contributed by atoms with Gasteiger partial charge in [-0.1, -0.05) is 109 Å². The van der Waals surface area contributed by atoms with Crippen LogP contribution in [0.4, 0.5) is 11.5 Å². The lowest BCUT2D eigenvalue weighted by Crippen LogP contribution is -2.41. The number of phosphoric ester groups is 1. The Morgan fingerprint density at radius 3 is 2.21 bits per heavy atom. The summed E-state index contributed by atoms with van der Waals surface area (Å²) < 4.78 is 36.6. The lowest BCUT2D eigenvalue weighted by atomic mass is 9.92. The van der Waals surface area contributed by atoms with E-state index in [0.29, 0.717) is 23.4 Å². The van der Waals surface area contributed by atoms with Crippen molar-refractivity contribution in [1.29, 1.82) is 10.5 Å². The number of nitrogens with two attached hydrogens (primary N) is 1. The minimum atomic E-state index is -4.75. The minimum Gasteiger partial charge on any atom is -0.387 e. The summed E-state index contributed by atoms with van der Waals surface area (Å²) in [6, 6.07) is 13.2. The standard InChI is InChI=1S/C40H60N7O8P/c1-2-3-4-5-6-7-8-9-10-11-12-13-14-15-16-17-23-52-26-33(46-32-20-18-19-31(24-32)25-41)27-53-56(50,51)54-28-35-37(48)38(49)40(29-42,55-35)36-22-21-34-39(43)44-30-45-47(34)36/h18-22,24,30,33,35,37-38,46,48-49H,2-17,23,26-28H2,1H3,(H,50,51)(H2,43,44,45)/t33-,35-,37-,38-,40+/m1/s1. The molecule has 6 N–H and O–H groups in total. The summed E-state index contributed by atoms with van der Waals surface area (Å²) in [5, 5.41) is 48.5. The smallest absolute Gasteiger partial charge is 0.387 e. The van der Waals surface area contributed by atoms with E-state index in [9.17, 15) is 30.2 Å². The number of nitrogen functional groups attached to an aromatic ring is 1. The average Bonchev–Trinajstić information content (AvgIpc) is 3.75. The predicted molar refractivity (Wildman–Crippen MR) is 212 cm³/mol. The van der Waals surface area contributed by atoms with Crippen molar-refractivity contribution in [3.63, 3.8) is 0 Å². The van der Waals surface area contributed by atoms with Gasteiger partial charge < -0.3 is 35.6 Å². The molecule has 4 rings (SSSR count). The normalized spacial score (nSPS) is 21.1. The third kappa shape index (κ3) is 13.5. The molecule has 0 spiro atoms. The van der Waals surface area contributed by atoms with E-state index in [-0.39, 0.29) is 24.7 Å². The number of nitriles is 2. The Kier molecular flexibility index (Phi) is 19.0. The van der Waals surface area contributed by atoms with E-state index >= 15 is 0 Å². The molecule has 3 aromatic rings. The number of aromatic nitrogens is 3. The van der Waals surface area contributed by atoms with E-state index < -0.39 is 44.4 Å². The van der Waals surface area contributed by atoms with Gasteiger partial charge in [-0.2, -0.15) is 15.6 Å². The first-order valence-corrected chi connectivity index (χ1v) is 21.6. The molecule has 56 heavy (non-hydrogen) atoms. The van der Waals surface area contributed by atoms with Crippen LogP contribution in [0.2, 0.25) is 0 Å². The molecule has 1 saturated heterocycles. The maximum absolute atomic E-state index is 13.0. The number of anilines is 2. The highest BCUT2D eigenvalue weighted by molar-refractivity contribution is 7.47. The summed E-state index contributed by atoms with van der Waals surface area (Å²) in [7, 11) is -4.75. The highest BCUT2D eigenvalue weighted by Crippen LogP contribution is 2.46. The lowest BCUT2D eigenvalue weighted by molar-refractivity contribution is -0.0644. The van der Waals surface area contributed by atoms with Crippen molar-refractivity contribution in [2.75, 3.05) is 37.5 Å². The first-order chi connectivity index (χ1) is 27.1. The van der Waals surface area contributed by atoms with Gasteiger partial charge in [0, 0.05) is 12.3 Å². The summed E-state index contributed by atoms with van der Waals surface area (Å²) in [4.78, 5) is 14.5. The van der Waals surface area contributed by atoms with Crippen LogP contribution < -0.4 is 11.1 Å². The van der Waals surface area contributed by atoms with Crippen molar-refractivity contribution in [1.82, 2.24) is 14.6 Å². The number of nitrogens with one attached hydrogen (secondary N) is 1. The molecule has 16 heteroatoms. The molecule has 0 aliphatic carbocycles. The number of aliphatic hydroxyl groups is 2. The molecular weight excluding hydrogens is 737 g/mol. The Bertz CT molecular complexity index is 1750. The van der Waals surface area contributed by atoms with Crippen molar-refractivity contribution < 1.29 is 38.2 Å². The number of fused-ring (bicyclic) bond motifs is 1. The molecular formula is C40H60N7O8P. The van der Waals surface area contributed by atoms with Crippen molar-refractivity contribution in [3.8, 4) is 12.1 Å². The highest BCUT2D eigenvalue weighted by Gasteiger charge is 2.58. The Hall–Kier alpha value is -3.63. The number of phosphoric acid groups is 1. The number of rotatable bonds is 28. The number of hydrogen-bond donors (Lipinski definition) is 5. The zero-order valence-electron chi connectivity index (χ0n) is 32.6. The van der Waals surface area contributed by atoms with Gasteiger partial charge in [0.05, 0.1) is 43.2 Å². The number of aliphatic hydroxyl groups excluding tert-OH is 2. The van der Waals surface area contributed by atoms with Crippen molar-refractivity contribution in [3.05, 3.63) is 54.0 Å². The highest BCUT2D eigenvalue weighted by atomic mass is 31.2. The van der Waals surface area contributed by atoms with Gasteiger partial charge in [0.2, 0.25) is 5.60 Å². The van der Waals surface area contributed by atoms with Crippen LogP contribution in [0.3, 0.4) is 0 Å². The van der Waals surface area contributed by atoms with Gasteiger partial charge in [0.15, 0.2) is 5.82 Å². The lowest BCUT2D eigenvalue weighted by Gasteiger charge is -2.24. The van der Waals surface area contributed by atoms with Gasteiger partial charge in [0.1, 0.15) is 36.2 Å². The summed E-state index contributed by atoms with van der Waals surface area (Å²) in [5.41, 5.74) is 5.28. The van der Waals surface area contributed by atoms with E-state index in [1.165, 1.54) is 106 Å². The van der Waals surface area contributed by atoms with Crippen molar-refractivity contribution >= 4 is 24.8 Å². The van der Waals surface area contributed by atoms with Crippen LogP contribution >= 0.6 is 7.82 Å². The van der Waals surface area contributed by atoms with Gasteiger partial charge >= 0.3 is 7.82 Å². The first kappa shape index (κ1) is 45.1. The Labute approximate surface area is 330 Å². The van der Waals surface area contributed by atoms with Crippen LogP contribution in [-0.4, -0.2) is 80.5 Å². The van der Waals surface area contributed by atoms with Gasteiger partial charge in [-0.25, -0.2) is 14.1 Å². The molecule has 1 fully saturated rings. The van der Waals surface area contributed by atoms with Crippen LogP contribution in [0.15, 0.2) is 42.7 Å². The Balaban J connectivity index is 1.18. The fourth-order valence-electron chi connectivity index (χ4n) is 6.96. The predicted octanol–water partition coefficient (Wildman–Crippen LogP) is 6.92. The molecule has 0 bridgehead atoms. The molecule has 308 valence electrons. The van der Waals surface area contributed by atoms with Crippen LogP contribution in [0.5, 0.6) is 0 Å². The van der Waals surface area contributed by atoms with Crippen LogP contribution in [0.1, 0.15) is 121 Å². The molecule has 0 amide bonds. The van der Waals surface area contributed by atoms with E-state index in [4.69, 9.17) is 24.3 Å². The Morgan fingerprint density at radius 1 is 0.946 bits per heavy atom. The zero-order valence-corrected chi connectivity index (χ0v) is 33.5. The molecule has 3 heterocycles. The summed E-state index contributed by atoms with van der Waals surface area (Å²) in [6.07, 6.45) is 16.8. The van der Waals surface area contributed by atoms with Gasteiger partial charge in [-0.15, -0.1) is 0 Å². The molecule has 1 aromatic carbocycles. The quantitative estimate of drug-likeness (QED) is 0.0371. The van der Waals surface area contributed by atoms with Crippen molar-refractivity contribution in [2.45, 2.75) is 140 Å². The number of hydrogen-bond acceptors (Lipinski definition) is 13. The fourth-order valence-corrected chi connectivity index (χ4v) is 7.74. The van der Waals surface area contributed by atoms with Crippen molar-refractivity contribution in [2.24, 2.45) is 0 Å². The molecule has 1 unspecified atom stereocenters. The van der Waals surface area contributed by atoms with E-state index in [1.54, 1.807) is 24.3 Å². The fraction of sp³-hybridized carbons (Fsp3) is 0.650. The summed E-state index contributed by atoms with van der Waals surface area (Å²) in [6.45, 7) is 1.93. The molecule has 2 aromatic heterocycles.